The molecule has 10 aliphatic rings. The van der Waals surface area contributed by atoms with E-state index in [2.05, 4.69) is 20.8 Å². The molecule has 0 spiro atoms. The van der Waals surface area contributed by atoms with Crippen molar-refractivity contribution >= 4 is 0 Å². The zero-order chi connectivity index (χ0) is 62.9. The minimum atomic E-state index is -2.06. The van der Waals surface area contributed by atoms with Gasteiger partial charge in [0, 0.05) is 19.4 Å². The quantitative estimate of drug-likeness (QED) is 0.0506. The summed E-state index contributed by atoms with van der Waals surface area (Å²) in [7, 11) is 1.71. The fourth-order valence-electron chi connectivity index (χ4n) is 17.4. The minimum absolute atomic E-state index is 0.0110. The molecule has 10 fully saturated rings. The molecule has 0 aromatic heterocycles. The third-order valence-corrected chi connectivity index (χ3v) is 22.5. The number of hydrogen-bond acceptors (Lipinski definition) is 29. The van der Waals surface area contributed by atoms with Crippen LogP contribution < -0.4 is 0 Å². The Hall–Kier alpha value is -1.16. The first-order chi connectivity index (χ1) is 41.3. The van der Waals surface area contributed by atoms with E-state index < -0.39 is 198 Å². The summed E-state index contributed by atoms with van der Waals surface area (Å²) in [5, 5.41) is 181. The Morgan fingerprint density at radius 3 is 1.53 bits per heavy atom. The monoisotopic (exact) mass is 1260 g/mol. The third kappa shape index (κ3) is 12.6. The summed E-state index contributed by atoms with van der Waals surface area (Å²) >= 11 is 0. The van der Waals surface area contributed by atoms with Gasteiger partial charge in [0.15, 0.2) is 37.2 Å². The van der Waals surface area contributed by atoms with Gasteiger partial charge in [0.05, 0.1) is 51.8 Å². The van der Waals surface area contributed by atoms with Gasteiger partial charge in [-0.2, -0.15) is 0 Å². The van der Waals surface area contributed by atoms with E-state index >= 15 is 0 Å². The highest BCUT2D eigenvalue weighted by molar-refractivity contribution is 5.15. The van der Waals surface area contributed by atoms with Gasteiger partial charge in [-0.25, -0.2) is 0 Å². The highest BCUT2D eigenvalue weighted by atomic mass is 16.8. The van der Waals surface area contributed by atoms with Crippen molar-refractivity contribution in [3.63, 3.8) is 0 Å². The third-order valence-electron chi connectivity index (χ3n) is 22.5. The number of fused-ring (bicyclic) bond motifs is 7. The fraction of sp³-hybridized carbons (Fsp3) is 1.00. The molecule has 37 atom stereocenters. The first-order valence-corrected chi connectivity index (χ1v) is 31.3. The van der Waals surface area contributed by atoms with Gasteiger partial charge in [-0.05, 0) is 104 Å². The van der Waals surface area contributed by atoms with E-state index in [-0.39, 0.29) is 47.2 Å². The van der Waals surface area contributed by atoms with Crippen LogP contribution in [0.15, 0.2) is 0 Å². The summed E-state index contributed by atoms with van der Waals surface area (Å²) in [5.74, 6) is 1.15. The molecule has 6 aliphatic heterocycles. The van der Waals surface area contributed by atoms with Crippen LogP contribution in [0.1, 0.15) is 91.9 Å². The van der Waals surface area contributed by atoms with Gasteiger partial charge in [0.2, 0.25) is 0 Å². The number of rotatable bonds is 20. The Labute approximate surface area is 504 Å². The normalized spacial score (nSPS) is 54.8. The van der Waals surface area contributed by atoms with Crippen molar-refractivity contribution < 1.29 is 144 Å². The summed E-state index contributed by atoms with van der Waals surface area (Å²) in [6.45, 7) is 5.26. The lowest BCUT2D eigenvalue weighted by Crippen LogP contribution is -2.68. The molecule has 0 bridgehead atoms. The minimum Gasteiger partial charge on any atom is -0.394 e. The average molecular weight is 1260 g/mol. The topological polar surface area (TPSA) is 455 Å². The second-order valence-corrected chi connectivity index (χ2v) is 27.3. The van der Waals surface area contributed by atoms with Gasteiger partial charge in [-0.1, -0.05) is 27.7 Å². The standard InChI is InChI=1S/C58H98O29/c1-22(21-77-51-44(72)40(68)36(64)30(16-59)79-51)8-13-58(76-5)23(2)35-29(87-58)15-28-26-7-6-24-14-25(9-11-56(24,3)27(26)10-12-57(28,35)4)78-52-47(75)43(71)48(34(20-63)83-52)84-55-50(86-54-46(74)42(70)38(66)32(18-61)81-54)49(39(67)33(19-62)82-55)85-53-45(73)41(69)37(65)31(17-60)80-53/h22-55,59-75H,6-21H2,1-5H3/t22-,23+,24+,25-,26-,27+,28-,29-,30-,31-,32-,33-,34-,35-,36-,37-,38-,39-,40+,41+,42+,43-,44-,45-,46-,47-,48+,49+,50-,51-,52-,53+,54+,55+,56+,57+,58+/m1/s1. The molecule has 0 aromatic rings. The molecule has 29 heteroatoms. The number of methoxy groups -OCH3 is 1. The molecule has 10 rings (SSSR count). The fourth-order valence-corrected chi connectivity index (χ4v) is 17.4. The van der Waals surface area contributed by atoms with Crippen molar-refractivity contribution in [1.29, 1.82) is 0 Å². The number of hydrogen-bond donors (Lipinski definition) is 17. The van der Waals surface area contributed by atoms with E-state index in [1.54, 1.807) is 7.11 Å². The van der Waals surface area contributed by atoms with Crippen LogP contribution >= 0.6 is 0 Å². The van der Waals surface area contributed by atoms with E-state index in [1.807, 2.05) is 6.92 Å². The predicted octanol–water partition coefficient (Wildman–Crippen LogP) is -5.48. The van der Waals surface area contributed by atoms with Crippen molar-refractivity contribution in [2.24, 2.45) is 52.3 Å². The maximum atomic E-state index is 11.9. The second kappa shape index (κ2) is 27.7. The van der Waals surface area contributed by atoms with Crippen LogP contribution in [0.4, 0.5) is 0 Å². The Morgan fingerprint density at radius 1 is 0.471 bits per heavy atom. The number of ether oxygens (including phenoxy) is 12. The first kappa shape index (κ1) is 68.7. The van der Waals surface area contributed by atoms with Crippen molar-refractivity contribution in [2.75, 3.05) is 46.8 Å². The van der Waals surface area contributed by atoms with Crippen LogP contribution in [0, 0.1) is 52.3 Å². The van der Waals surface area contributed by atoms with Crippen molar-refractivity contribution in [1.82, 2.24) is 0 Å². The number of aliphatic hydroxyl groups excluding tert-OH is 17. The van der Waals surface area contributed by atoms with E-state index in [0.717, 1.165) is 38.5 Å². The van der Waals surface area contributed by atoms with Gasteiger partial charge in [-0.3, -0.25) is 0 Å². The molecule has 29 nitrogen and oxygen atoms in total. The van der Waals surface area contributed by atoms with Crippen LogP contribution in [-0.2, 0) is 56.8 Å². The molecule has 6 heterocycles. The Bertz CT molecular complexity index is 2210. The molecule has 4 aliphatic carbocycles. The van der Waals surface area contributed by atoms with E-state index in [9.17, 15) is 86.8 Å². The zero-order valence-electron chi connectivity index (χ0n) is 49.9. The molecule has 17 N–H and O–H groups in total. The molecule has 87 heavy (non-hydrogen) atoms. The first-order valence-electron chi connectivity index (χ1n) is 31.3. The molecule has 0 radical (unpaired) electrons. The molecule has 4 saturated carbocycles. The van der Waals surface area contributed by atoms with Crippen molar-refractivity contribution in [2.45, 2.75) is 263 Å². The zero-order valence-corrected chi connectivity index (χ0v) is 49.9. The summed E-state index contributed by atoms with van der Waals surface area (Å²) in [6, 6.07) is 0. The lowest BCUT2D eigenvalue weighted by Gasteiger charge is -2.61. The van der Waals surface area contributed by atoms with E-state index in [4.69, 9.17) is 56.8 Å². The second-order valence-electron chi connectivity index (χ2n) is 27.3. The lowest BCUT2D eigenvalue weighted by molar-refractivity contribution is -0.406. The number of aliphatic hydroxyl groups is 17. The van der Waals surface area contributed by atoms with Gasteiger partial charge < -0.3 is 144 Å². The molecular formula is C58H98O29. The maximum Gasteiger partial charge on any atom is 0.187 e. The highest BCUT2D eigenvalue weighted by Gasteiger charge is 2.69. The summed E-state index contributed by atoms with van der Waals surface area (Å²) in [6.07, 6.45) is -35.2. The summed E-state index contributed by atoms with van der Waals surface area (Å²) in [4.78, 5) is 0. The molecule has 6 saturated heterocycles. The smallest absolute Gasteiger partial charge is 0.187 e. The van der Waals surface area contributed by atoms with Crippen LogP contribution in [0.3, 0.4) is 0 Å². The molecule has 0 aromatic carbocycles. The molecular weight excluding hydrogens is 1160 g/mol. The highest BCUT2D eigenvalue weighted by Crippen LogP contribution is 2.71. The average Bonchev–Trinajstić information content (AvgIpc) is 1.61. The molecule has 504 valence electrons. The van der Waals surface area contributed by atoms with Gasteiger partial charge >= 0.3 is 0 Å². The van der Waals surface area contributed by atoms with Crippen molar-refractivity contribution in [3.8, 4) is 0 Å². The van der Waals surface area contributed by atoms with E-state index in [1.165, 1.54) is 0 Å². The Balaban J connectivity index is 0.771. The maximum absolute atomic E-state index is 11.9. The SMILES string of the molecule is CO[C@@]1(CC[C@@H](C)CO[C@@H]2O[C@H](CO)[C@@H](O)[C@H](O)[C@H]2O)O[C@@H]2C[C@@H]3[C@@H]4CC[C@H]5C[C@H](O[C@@H]6O[C@H](CO)[C@H](O[C@@H]7O[C@H](CO)[C@@H](O)[C@H](O[C@@H]8O[C@H](CO)[C@@H](O)[C@H](O)[C@H]8O)[C@H]7O[C@@H]7O[C@H](CO)[C@@H](O)[C@H](O)[C@H]7O)[C@H](O)[C@H]6O)CC[C@]5(C)[C@H]4CC[C@]3(C)[C@@H]2[C@@H]1C. The largest absolute Gasteiger partial charge is 0.394 e. The Morgan fingerprint density at radius 2 is 0.954 bits per heavy atom. The van der Waals surface area contributed by atoms with Crippen LogP contribution in [0.2, 0.25) is 0 Å². The summed E-state index contributed by atoms with van der Waals surface area (Å²) < 4.78 is 72.9. The summed E-state index contributed by atoms with van der Waals surface area (Å²) in [5.41, 5.74) is -0.00518. The van der Waals surface area contributed by atoms with Crippen LogP contribution in [0.5, 0.6) is 0 Å². The van der Waals surface area contributed by atoms with Gasteiger partial charge in [-0.15, -0.1) is 0 Å². The van der Waals surface area contributed by atoms with Crippen molar-refractivity contribution in [3.05, 3.63) is 0 Å². The van der Waals surface area contributed by atoms with E-state index in [0.29, 0.717) is 43.4 Å². The predicted molar refractivity (Wildman–Crippen MR) is 289 cm³/mol. The Kier molecular flexibility index (Phi) is 21.8. The van der Waals surface area contributed by atoms with Gasteiger partial charge in [0.1, 0.15) is 122 Å². The van der Waals surface area contributed by atoms with Crippen LogP contribution in [0.25, 0.3) is 0 Å². The lowest BCUT2D eigenvalue weighted by atomic mass is 9.44. The van der Waals surface area contributed by atoms with Gasteiger partial charge in [0.25, 0.3) is 0 Å². The van der Waals surface area contributed by atoms with Crippen LogP contribution in [-0.4, -0.2) is 305 Å². The molecule has 0 unspecified atom stereocenters. The molecule has 0 amide bonds.